The third-order valence-corrected chi connectivity index (χ3v) is 8.96. The number of allylic oxidation sites excluding steroid dienone is 1. The fourth-order valence-corrected chi connectivity index (χ4v) is 6.03. The monoisotopic (exact) mass is 557 g/mol. The first kappa shape index (κ1) is 27.2. The third kappa shape index (κ3) is 5.93. The number of benzene rings is 2. The Morgan fingerprint density at radius 2 is 1.98 bits per heavy atom. The van der Waals surface area contributed by atoms with Gasteiger partial charge in [-0.15, -0.1) is 5.73 Å². The lowest BCUT2D eigenvalue weighted by Gasteiger charge is -2.25. The fourth-order valence-electron chi connectivity index (χ4n) is 4.91. The van der Waals surface area contributed by atoms with E-state index < -0.39 is 15.9 Å². The summed E-state index contributed by atoms with van der Waals surface area (Å²) >= 11 is 0. The van der Waals surface area contributed by atoms with Crippen LogP contribution in [-0.2, 0) is 26.0 Å². The minimum absolute atomic E-state index is 0.0313. The SMILES string of the molecule is CCS(=O)(=O)c1ccc2cc1CNC(=O)[C@H](Nc1ccc3c(N)nccc3c1)C1C=C=C(C=C1)CCCC(=O)N2. The van der Waals surface area contributed by atoms with Crippen molar-refractivity contribution >= 4 is 49.6 Å². The van der Waals surface area contributed by atoms with Gasteiger partial charge in [0, 0.05) is 41.8 Å². The fraction of sp³-hybridized carbons (Fsp3) is 0.267. The zero-order valence-electron chi connectivity index (χ0n) is 22.1. The van der Waals surface area contributed by atoms with Gasteiger partial charge in [0.2, 0.25) is 11.8 Å². The number of nitrogens with zero attached hydrogens (tertiary/aromatic N) is 1. The summed E-state index contributed by atoms with van der Waals surface area (Å²) in [6, 6.07) is 11.5. The normalized spacial score (nSPS) is 19.7. The van der Waals surface area contributed by atoms with Crippen molar-refractivity contribution in [2.45, 2.75) is 43.7 Å². The van der Waals surface area contributed by atoms with Crippen LogP contribution in [0.4, 0.5) is 17.2 Å². The molecule has 2 amide bonds. The number of nitrogens with one attached hydrogen (secondary N) is 3. The van der Waals surface area contributed by atoms with Crippen LogP contribution in [0.2, 0.25) is 0 Å². The quantitative estimate of drug-likeness (QED) is 0.354. The lowest BCUT2D eigenvalue weighted by Crippen LogP contribution is -2.43. The maximum absolute atomic E-state index is 13.7. The highest BCUT2D eigenvalue weighted by Gasteiger charge is 2.27. The maximum Gasteiger partial charge on any atom is 0.243 e. The molecule has 2 atom stereocenters. The first-order chi connectivity index (χ1) is 19.2. The molecule has 0 saturated heterocycles. The van der Waals surface area contributed by atoms with Crippen LogP contribution >= 0.6 is 0 Å². The van der Waals surface area contributed by atoms with E-state index in [1.54, 1.807) is 25.3 Å². The number of anilines is 3. The van der Waals surface area contributed by atoms with E-state index >= 15 is 0 Å². The van der Waals surface area contributed by atoms with Gasteiger partial charge in [-0.2, -0.15) is 0 Å². The molecular formula is C30H31N5O4S. The lowest BCUT2D eigenvalue weighted by atomic mass is 9.92. The molecule has 1 aromatic heterocycles. The smallest absolute Gasteiger partial charge is 0.243 e. The van der Waals surface area contributed by atoms with Crippen LogP contribution in [0.25, 0.3) is 10.8 Å². The number of nitrogen functional groups attached to an aromatic ring is 1. The summed E-state index contributed by atoms with van der Waals surface area (Å²) in [5.74, 6) is -0.445. The van der Waals surface area contributed by atoms with E-state index in [2.05, 4.69) is 26.7 Å². The van der Waals surface area contributed by atoms with Gasteiger partial charge in [-0.25, -0.2) is 13.4 Å². The van der Waals surface area contributed by atoms with Crippen molar-refractivity contribution in [1.29, 1.82) is 0 Å². The van der Waals surface area contributed by atoms with Gasteiger partial charge in [-0.05, 0) is 77.9 Å². The second-order valence-electron chi connectivity index (χ2n) is 9.87. The minimum atomic E-state index is -3.56. The van der Waals surface area contributed by atoms with E-state index in [0.29, 0.717) is 36.3 Å². The number of sulfone groups is 1. The Balaban J connectivity index is 1.50. The van der Waals surface area contributed by atoms with Gasteiger partial charge in [0.1, 0.15) is 11.9 Å². The van der Waals surface area contributed by atoms with E-state index in [-0.39, 0.29) is 34.9 Å². The number of aromatic nitrogens is 1. The van der Waals surface area contributed by atoms with E-state index in [1.807, 2.05) is 42.5 Å². The standard InChI is InChI=1S/C30H31N5O4S/c1-2-40(38,39)26-13-11-23-17-22(26)18-33-30(37)28(20-8-6-19(7-9-20)4-3-5-27(36)34-23)35-24-10-12-25-21(16-24)14-15-32-29(25)31/h6,8-17,20,28,35H,2-5,18H2,1H3,(H2,31,32)(H,33,37)(H,34,36)/t20?,28-/m1/s1. The number of rotatable bonds is 4. The first-order valence-corrected chi connectivity index (χ1v) is 14.9. The molecule has 2 aromatic carbocycles. The highest BCUT2D eigenvalue weighted by Crippen LogP contribution is 2.27. The molecule has 40 heavy (non-hydrogen) atoms. The molecule has 9 nitrogen and oxygen atoms in total. The van der Waals surface area contributed by atoms with Crippen molar-refractivity contribution in [2.24, 2.45) is 5.92 Å². The van der Waals surface area contributed by atoms with Crippen LogP contribution < -0.4 is 21.7 Å². The summed E-state index contributed by atoms with van der Waals surface area (Å²) in [7, 11) is -3.56. The topological polar surface area (TPSA) is 143 Å². The Morgan fingerprint density at radius 1 is 1.12 bits per heavy atom. The van der Waals surface area contributed by atoms with Gasteiger partial charge in [-0.1, -0.05) is 19.1 Å². The van der Waals surface area contributed by atoms with Gasteiger partial charge < -0.3 is 21.7 Å². The van der Waals surface area contributed by atoms with Crippen molar-refractivity contribution in [3.05, 3.63) is 83.8 Å². The van der Waals surface area contributed by atoms with Crippen molar-refractivity contribution in [3.63, 3.8) is 0 Å². The van der Waals surface area contributed by atoms with E-state index in [1.165, 1.54) is 6.07 Å². The maximum atomic E-state index is 13.7. The molecule has 6 rings (SSSR count). The summed E-state index contributed by atoms with van der Waals surface area (Å²) in [4.78, 5) is 30.5. The Hall–Kier alpha value is -4.40. The molecule has 3 heterocycles. The van der Waals surface area contributed by atoms with Crippen LogP contribution in [0.15, 0.2) is 83.1 Å². The molecule has 5 N–H and O–H groups in total. The predicted octanol–water partition coefficient (Wildman–Crippen LogP) is 4.10. The molecule has 2 aliphatic heterocycles. The largest absolute Gasteiger partial charge is 0.383 e. The molecule has 4 bridgehead atoms. The number of nitrogens with two attached hydrogens (primary N) is 1. The van der Waals surface area contributed by atoms with Crippen LogP contribution in [-0.4, -0.2) is 37.0 Å². The molecule has 3 aliphatic rings. The molecule has 3 aromatic rings. The summed E-state index contributed by atoms with van der Waals surface area (Å²) in [6.45, 7) is 1.54. The number of carbonyl (C=O) groups is 2. The molecule has 0 radical (unpaired) electrons. The van der Waals surface area contributed by atoms with Crippen LogP contribution in [0.3, 0.4) is 0 Å². The number of fused-ring (bicyclic) bond motifs is 8. The van der Waals surface area contributed by atoms with E-state index in [4.69, 9.17) is 5.73 Å². The van der Waals surface area contributed by atoms with Gasteiger partial charge in [-0.3, -0.25) is 9.59 Å². The second kappa shape index (κ2) is 11.4. The van der Waals surface area contributed by atoms with E-state index in [0.717, 1.165) is 22.0 Å². The van der Waals surface area contributed by atoms with Crippen molar-refractivity contribution in [2.75, 3.05) is 22.1 Å². The van der Waals surface area contributed by atoms with Gasteiger partial charge in [0.25, 0.3) is 0 Å². The van der Waals surface area contributed by atoms with Crippen LogP contribution in [0, 0.1) is 5.92 Å². The zero-order chi connectivity index (χ0) is 28.3. The minimum Gasteiger partial charge on any atom is -0.383 e. The van der Waals surface area contributed by atoms with Gasteiger partial charge in [0.05, 0.1) is 10.6 Å². The third-order valence-electron chi connectivity index (χ3n) is 7.13. The Kier molecular flexibility index (Phi) is 7.73. The number of amides is 2. The average molecular weight is 558 g/mol. The highest BCUT2D eigenvalue weighted by molar-refractivity contribution is 7.91. The Labute approximate surface area is 233 Å². The molecule has 0 spiro atoms. The van der Waals surface area contributed by atoms with Crippen molar-refractivity contribution in [3.8, 4) is 0 Å². The summed E-state index contributed by atoms with van der Waals surface area (Å²) in [6.07, 6.45) is 8.99. The van der Waals surface area contributed by atoms with Crippen LogP contribution in [0.1, 0.15) is 31.7 Å². The van der Waals surface area contributed by atoms with E-state index in [9.17, 15) is 18.0 Å². The van der Waals surface area contributed by atoms with Gasteiger partial charge >= 0.3 is 0 Å². The number of hydrogen-bond acceptors (Lipinski definition) is 7. The first-order valence-electron chi connectivity index (χ1n) is 13.2. The molecular weight excluding hydrogens is 526 g/mol. The highest BCUT2D eigenvalue weighted by atomic mass is 32.2. The number of pyridine rings is 1. The zero-order valence-corrected chi connectivity index (χ0v) is 22.9. The summed E-state index contributed by atoms with van der Waals surface area (Å²) < 4.78 is 25.6. The average Bonchev–Trinajstić information content (AvgIpc) is 2.94. The molecule has 206 valence electrons. The number of hydrogen-bond donors (Lipinski definition) is 4. The number of carbonyl (C=O) groups excluding carboxylic acids is 2. The molecule has 0 fully saturated rings. The lowest BCUT2D eigenvalue weighted by molar-refractivity contribution is -0.122. The summed E-state index contributed by atoms with van der Waals surface area (Å²) in [5.41, 5.74) is 11.9. The Morgan fingerprint density at radius 3 is 2.75 bits per heavy atom. The predicted molar refractivity (Wildman–Crippen MR) is 156 cm³/mol. The molecule has 1 unspecified atom stereocenters. The molecule has 0 saturated carbocycles. The Bertz CT molecular complexity index is 1690. The molecule has 1 aliphatic carbocycles. The van der Waals surface area contributed by atoms with Gasteiger partial charge in [0.15, 0.2) is 9.84 Å². The molecule has 10 heteroatoms. The van der Waals surface area contributed by atoms with Crippen LogP contribution in [0.5, 0.6) is 0 Å². The van der Waals surface area contributed by atoms with Crippen molar-refractivity contribution in [1.82, 2.24) is 10.3 Å². The second-order valence-corrected chi connectivity index (χ2v) is 12.1. The van der Waals surface area contributed by atoms with Crippen molar-refractivity contribution < 1.29 is 18.0 Å². The summed E-state index contributed by atoms with van der Waals surface area (Å²) in [5, 5.41) is 10.8.